The number of nitrogens with one attached hydrogen (secondary N) is 1. The summed E-state index contributed by atoms with van der Waals surface area (Å²) in [6.07, 6.45) is 3.86. The van der Waals surface area contributed by atoms with Crippen molar-refractivity contribution < 1.29 is 0 Å². The van der Waals surface area contributed by atoms with Crippen LogP contribution >= 0.6 is 0 Å². The van der Waals surface area contributed by atoms with E-state index in [9.17, 15) is 0 Å². The first-order valence-corrected chi connectivity index (χ1v) is 7.07. The van der Waals surface area contributed by atoms with Crippen molar-refractivity contribution in [3.05, 3.63) is 0 Å². The van der Waals surface area contributed by atoms with E-state index in [4.69, 9.17) is 0 Å². The Morgan fingerprint density at radius 2 is 1.88 bits per heavy atom. The molecule has 0 spiro atoms. The first-order valence-electron chi connectivity index (χ1n) is 7.07. The van der Waals surface area contributed by atoms with Gasteiger partial charge in [0.25, 0.3) is 0 Å². The summed E-state index contributed by atoms with van der Waals surface area (Å²) in [5, 5.41) is 3.69. The third-order valence-corrected chi connectivity index (χ3v) is 4.09. The summed E-state index contributed by atoms with van der Waals surface area (Å²) in [6.45, 7) is 14.1. The Hall–Kier alpha value is -0.0800. The molecule has 3 atom stereocenters. The molecule has 0 radical (unpaired) electrons. The molecule has 1 heterocycles. The van der Waals surface area contributed by atoms with Crippen LogP contribution < -0.4 is 5.32 Å². The molecule has 0 aromatic carbocycles. The van der Waals surface area contributed by atoms with Crippen LogP contribution in [0.25, 0.3) is 0 Å². The lowest BCUT2D eigenvalue weighted by Crippen LogP contribution is -2.44. The second-order valence-corrected chi connectivity index (χ2v) is 5.66. The molecule has 1 aliphatic rings. The predicted molar refractivity (Wildman–Crippen MR) is 71.8 cm³/mol. The highest BCUT2D eigenvalue weighted by Crippen LogP contribution is 2.24. The number of rotatable bonds is 6. The molecule has 16 heavy (non-hydrogen) atoms. The van der Waals surface area contributed by atoms with E-state index in [1.807, 2.05) is 0 Å². The molecule has 0 aliphatic carbocycles. The van der Waals surface area contributed by atoms with E-state index in [0.717, 1.165) is 18.5 Å². The lowest BCUT2D eigenvalue weighted by molar-refractivity contribution is 0.190. The van der Waals surface area contributed by atoms with E-state index in [2.05, 4.69) is 44.8 Å². The normalized spacial score (nSPS) is 28.9. The summed E-state index contributed by atoms with van der Waals surface area (Å²) < 4.78 is 0. The second-order valence-electron chi connectivity index (χ2n) is 5.66. The third kappa shape index (κ3) is 3.74. The number of nitrogens with zero attached hydrogens (tertiary/aromatic N) is 1. The topological polar surface area (TPSA) is 15.3 Å². The quantitative estimate of drug-likeness (QED) is 0.749. The molecule has 0 amide bonds. The highest BCUT2D eigenvalue weighted by Gasteiger charge is 2.29. The average molecular weight is 226 g/mol. The van der Waals surface area contributed by atoms with Gasteiger partial charge in [0.2, 0.25) is 0 Å². The molecular weight excluding hydrogens is 196 g/mol. The van der Waals surface area contributed by atoms with Crippen molar-refractivity contribution in [1.82, 2.24) is 10.2 Å². The summed E-state index contributed by atoms with van der Waals surface area (Å²) >= 11 is 0. The molecule has 0 saturated carbocycles. The zero-order chi connectivity index (χ0) is 12.1. The Labute approximate surface area is 102 Å². The molecule has 3 unspecified atom stereocenters. The molecule has 96 valence electrons. The van der Waals surface area contributed by atoms with Gasteiger partial charge in [-0.1, -0.05) is 20.8 Å². The van der Waals surface area contributed by atoms with Gasteiger partial charge in [0.05, 0.1) is 0 Å². The van der Waals surface area contributed by atoms with Crippen LogP contribution in [0.3, 0.4) is 0 Å². The zero-order valence-corrected chi connectivity index (χ0v) is 11.8. The van der Waals surface area contributed by atoms with Crippen molar-refractivity contribution in [3.63, 3.8) is 0 Å². The maximum atomic E-state index is 3.69. The molecule has 1 saturated heterocycles. The van der Waals surface area contributed by atoms with Gasteiger partial charge in [-0.2, -0.15) is 0 Å². The van der Waals surface area contributed by atoms with Crippen LogP contribution in [0.15, 0.2) is 0 Å². The van der Waals surface area contributed by atoms with Crippen molar-refractivity contribution in [2.45, 2.75) is 72.0 Å². The van der Waals surface area contributed by atoms with E-state index >= 15 is 0 Å². The molecule has 2 nitrogen and oxygen atoms in total. The molecule has 1 aliphatic heterocycles. The maximum absolute atomic E-state index is 3.69. The van der Waals surface area contributed by atoms with Gasteiger partial charge >= 0.3 is 0 Å². The lowest BCUT2D eigenvalue weighted by atomic mass is 10.1. The van der Waals surface area contributed by atoms with Gasteiger partial charge in [0, 0.05) is 31.2 Å². The van der Waals surface area contributed by atoms with Gasteiger partial charge in [0.15, 0.2) is 0 Å². The fourth-order valence-corrected chi connectivity index (χ4v) is 2.98. The van der Waals surface area contributed by atoms with Crippen molar-refractivity contribution >= 4 is 0 Å². The van der Waals surface area contributed by atoms with Crippen molar-refractivity contribution in [3.8, 4) is 0 Å². The largest absolute Gasteiger partial charge is 0.312 e. The van der Waals surface area contributed by atoms with Crippen LogP contribution in [0.5, 0.6) is 0 Å². The Balaban J connectivity index is 2.31. The minimum Gasteiger partial charge on any atom is -0.312 e. The van der Waals surface area contributed by atoms with Crippen LogP contribution in [0, 0.1) is 5.92 Å². The molecule has 1 rings (SSSR count). The first kappa shape index (κ1) is 14.0. The first-order chi connectivity index (χ1) is 7.58. The zero-order valence-electron chi connectivity index (χ0n) is 11.8. The van der Waals surface area contributed by atoms with E-state index in [0.29, 0.717) is 12.1 Å². The maximum Gasteiger partial charge on any atom is 0.0195 e. The third-order valence-electron chi connectivity index (χ3n) is 4.09. The number of hydrogen-bond acceptors (Lipinski definition) is 2. The summed E-state index contributed by atoms with van der Waals surface area (Å²) in [7, 11) is 0. The van der Waals surface area contributed by atoms with Gasteiger partial charge in [-0.15, -0.1) is 0 Å². The second kappa shape index (κ2) is 6.61. The molecule has 0 aromatic rings. The summed E-state index contributed by atoms with van der Waals surface area (Å²) in [5.74, 6) is 0.880. The fourth-order valence-electron chi connectivity index (χ4n) is 2.98. The van der Waals surface area contributed by atoms with Crippen molar-refractivity contribution in [2.24, 2.45) is 5.92 Å². The molecule has 1 fully saturated rings. The molecule has 0 bridgehead atoms. The van der Waals surface area contributed by atoms with Crippen LogP contribution in [0.2, 0.25) is 0 Å². The average Bonchev–Trinajstić information content (AvgIpc) is 2.59. The molecule has 1 N–H and O–H groups in total. The minimum absolute atomic E-state index is 0.681. The van der Waals surface area contributed by atoms with E-state index in [1.165, 1.54) is 25.8 Å². The van der Waals surface area contributed by atoms with Crippen LogP contribution in [0.1, 0.15) is 53.9 Å². The van der Waals surface area contributed by atoms with Crippen LogP contribution in [-0.4, -0.2) is 36.1 Å². The SMILES string of the molecule is CCC(CC)NCC(C)N1CC(C)CC1C. The number of likely N-dealkylation sites (tertiary alicyclic amines) is 1. The highest BCUT2D eigenvalue weighted by atomic mass is 15.2. The summed E-state index contributed by atoms with van der Waals surface area (Å²) in [6, 6.07) is 2.16. The van der Waals surface area contributed by atoms with Crippen LogP contribution in [0.4, 0.5) is 0 Å². The minimum atomic E-state index is 0.681. The molecular formula is C14H30N2. The van der Waals surface area contributed by atoms with Gasteiger partial charge in [-0.3, -0.25) is 4.90 Å². The van der Waals surface area contributed by atoms with Gasteiger partial charge in [0.1, 0.15) is 0 Å². The fraction of sp³-hybridized carbons (Fsp3) is 1.00. The Morgan fingerprint density at radius 1 is 1.25 bits per heavy atom. The molecule has 2 heteroatoms. The van der Waals surface area contributed by atoms with E-state index in [-0.39, 0.29) is 0 Å². The lowest BCUT2D eigenvalue weighted by Gasteiger charge is -2.30. The van der Waals surface area contributed by atoms with Gasteiger partial charge in [-0.25, -0.2) is 0 Å². The Morgan fingerprint density at radius 3 is 2.31 bits per heavy atom. The predicted octanol–water partition coefficient (Wildman–Crippen LogP) is 2.88. The highest BCUT2D eigenvalue weighted by molar-refractivity contribution is 4.85. The van der Waals surface area contributed by atoms with Crippen molar-refractivity contribution in [2.75, 3.05) is 13.1 Å². The monoisotopic (exact) mass is 226 g/mol. The van der Waals surface area contributed by atoms with Crippen molar-refractivity contribution in [1.29, 1.82) is 0 Å². The number of hydrogen-bond donors (Lipinski definition) is 1. The summed E-state index contributed by atoms with van der Waals surface area (Å²) in [4.78, 5) is 2.67. The summed E-state index contributed by atoms with van der Waals surface area (Å²) in [5.41, 5.74) is 0. The molecule has 0 aromatic heterocycles. The Kier molecular flexibility index (Phi) is 5.77. The van der Waals surface area contributed by atoms with Crippen LogP contribution in [-0.2, 0) is 0 Å². The van der Waals surface area contributed by atoms with Gasteiger partial charge in [-0.05, 0) is 39.0 Å². The standard InChI is InChI=1S/C14H30N2/c1-6-14(7-2)15-9-13(5)16-10-11(3)8-12(16)4/h11-15H,6-10H2,1-5H3. The Bertz CT molecular complexity index is 189. The van der Waals surface area contributed by atoms with E-state index in [1.54, 1.807) is 0 Å². The smallest absolute Gasteiger partial charge is 0.0195 e. The van der Waals surface area contributed by atoms with E-state index < -0.39 is 0 Å². The van der Waals surface area contributed by atoms with Gasteiger partial charge < -0.3 is 5.32 Å².